The van der Waals surface area contributed by atoms with Crippen LogP contribution in [-0.2, 0) is 0 Å². The topological polar surface area (TPSA) is 20.2 Å². The number of hydrogen-bond acceptors (Lipinski definition) is 1. The highest BCUT2D eigenvalue weighted by Gasteiger charge is 2.40. The highest BCUT2D eigenvalue weighted by Crippen LogP contribution is 2.31. The molecule has 0 amide bonds. The molecule has 0 heterocycles. The SMILES string of the molecule is CCCCCCCCCCC(O)(CCCC)[Si](C)(C)C. The van der Waals surface area contributed by atoms with Crippen LogP contribution < -0.4 is 0 Å². The largest absolute Gasteiger partial charge is 0.393 e. The van der Waals surface area contributed by atoms with Gasteiger partial charge in [-0.2, -0.15) is 0 Å². The summed E-state index contributed by atoms with van der Waals surface area (Å²) in [5.41, 5.74) is 0. The summed E-state index contributed by atoms with van der Waals surface area (Å²) in [6.45, 7) is 11.5. The van der Waals surface area contributed by atoms with E-state index in [0.717, 1.165) is 12.8 Å². The van der Waals surface area contributed by atoms with Gasteiger partial charge < -0.3 is 5.11 Å². The van der Waals surface area contributed by atoms with Crippen LogP contribution in [0.5, 0.6) is 0 Å². The molecule has 1 atom stereocenters. The van der Waals surface area contributed by atoms with Crippen molar-refractivity contribution in [2.75, 3.05) is 0 Å². The second-order valence-electron chi connectivity index (χ2n) is 7.61. The lowest BCUT2D eigenvalue weighted by molar-refractivity contribution is 0.0899. The molecule has 0 radical (unpaired) electrons. The summed E-state index contributed by atoms with van der Waals surface area (Å²) < 4.78 is 0. The molecule has 0 fully saturated rings. The van der Waals surface area contributed by atoms with E-state index < -0.39 is 8.07 Å². The molecule has 20 heavy (non-hydrogen) atoms. The maximum atomic E-state index is 11.0. The third-order valence-electron chi connectivity index (χ3n) is 4.78. The van der Waals surface area contributed by atoms with Gasteiger partial charge in [-0.3, -0.25) is 0 Å². The first-order chi connectivity index (χ1) is 9.37. The predicted octanol–water partition coefficient (Wildman–Crippen LogP) is 6.32. The van der Waals surface area contributed by atoms with Crippen molar-refractivity contribution < 1.29 is 5.11 Å². The molecular formula is C18H40OSi. The molecule has 0 aromatic carbocycles. The van der Waals surface area contributed by atoms with Gasteiger partial charge >= 0.3 is 0 Å². The van der Waals surface area contributed by atoms with Crippen LogP contribution in [-0.4, -0.2) is 18.4 Å². The van der Waals surface area contributed by atoms with Gasteiger partial charge in [0.15, 0.2) is 0 Å². The Balaban J connectivity index is 3.86. The summed E-state index contributed by atoms with van der Waals surface area (Å²) in [4.78, 5) is 0. The maximum Gasteiger partial charge on any atom is 0.0820 e. The second-order valence-corrected chi connectivity index (χ2v) is 13.0. The van der Waals surface area contributed by atoms with E-state index in [-0.39, 0.29) is 5.22 Å². The minimum Gasteiger partial charge on any atom is -0.393 e. The van der Waals surface area contributed by atoms with Gasteiger partial charge in [0, 0.05) is 0 Å². The highest BCUT2D eigenvalue weighted by atomic mass is 28.3. The fraction of sp³-hybridized carbons (Fsp3) is 1.00. The quantitative estimate of drug-likeness (QED) is 0.312. The normalized spacial score (nSPS) is 15.3. The van der Waals surface area contributed by atoms with Gasteiger partial charge in [0.05, 0.1) is 13.3 Å². The van der Waals surface area contributed by atoms with Crippen molar-refractivity contribution in [3.63, 3.8) is 0 Å². The Bertz CT molecular complexity index is 222. The Morgan fingerprint density at radius 2 is 1.05 bits per heavy atom. The van der Waals surface area contributed by atoms with E-state index in [1.54, 1.807) is 0 Å². The molecule has 0 bridgehead atoms. The number of aliphatic hydroxyl groups is 1. The van der Waals surface area contributed by atoms with E-state index in [4.69, 9.17) is 0 Å². The van der Waals surface area contributed by atoms with Crippen LogP contribution in [0.3, 0.4) is 0 Å². The van der Waals surface area contributed by atoms with Crippen molar-refractivity contribution in [1.82, 2.24) is 0 Å². The molecule has 122 valence electrons. The number of unbranched alkanes of at least 4 members (excludes halogenated alkanes) is 8. The average molecular weight is 301 g/mol. The monoisotopic (exact) mass is 300 g/mol. The number of hydrogen-bond donors (Lipinski definition) is 1. The first kappa shape index (κ1) is 20.2. The first-order valence-corrected chi connectivity index (χ1v) is 12.6. The smallest absolute Gasteiger partial charge is 0.0820 e. The summed E-state index contributed by atoms with van der Waals surface area (Å²) in [7, 11) is -1.48. The van der Waals surface area contributed by atoms with Gasteiger partial charge in [0.2, 0.25) is 0 Å². The first-order valence-electron chi connectivity index (χ1n) is 9.09. The van der Waals surface area contributed by atoms with Crippen molar-refractivity contribution in [1.29, 1.82) is 0 Å². The minimum absolute atomic E-state index is 0.328. The molecule has 0 saturated carbocycles. The van der Waals surface area contributed by atoms with Crippen LogP contribution in [0.1, 0.15) is 90.9 Å². The molecule has 0 rings (SSSR count). The third-order valence-corrected chi connectivity index (χ3v) is 8.08. The fourth-order valence-corrected chi connectivity index (χ4v) is 4.75. The van der Waals surface area contributed by atoms with E-state index in [0.29, 0.717) is 0 Å². The zero-order chi connectivity index (χ0) is 15.5. The van der Waals surface area contributed by atoms with Crippen LogP contribution in [0, 0.1) is 0 Å². The maximum absolute atomic E-state index is 11.0. The lowest BCUT2D eigenvalue weighted by atomic mass is 10.0. The Morgan fingerprint density at radius 3 is 1.50 bits per heavy atom. The molecule has 0 spiro atoms. The fourth-order valence-electron chi connectivity index (χ4n) is 2.90. The summed E-state index contributed by atoms with van der Waals surface area (Å²) in [5, 5.41) is 10.7. The van der Waals surface area contributed by atoms with Crippen LogP contribution in [0.2, 0.25) is 19.6 Å². The summed E-state index contributed by atoms with van der Waals surface area (Å²) in [6.07, 6.45) is 15.3. The van der Waals surface area contributed by atoms with Crippen LogP contribution in [0.4, 0.5) is 0 Å². The standard InChI is InChI=1S/C18H40OSi/c1-6-8-10-11-12-13-14-15-17-18(19,16-9-7-2)20(3,4)5/h19H,6-17H2,1-5H3. The third kappa shape index (κ3) is 8.46. The van der Waals surface area contributed by atoms with Crippen LogP contribution in [0.25, 0.3) is 0 Å². The Hall–Kier alpha value is 0.177. The molecule has 2 heteroatoms. The zero-order valence-corrected chi connectivity index (χ0v) is 15.9. The summed E-state index contributed by atoms with van der Waals surface area (Å²) in [6, 6.07) is 0. The predicted molar refractivity (Wildman–Crippen MR) is 95.0 cm³/mol. The molecule has 0 aliphatic heterocycles. The van der Waals surface area contributed by atoms with Gasteiger partial charge in [-0.15, -0.1) is 0 Å². The van der Waals surface area contributed by atoms with Gasteiger partial charge in [0.1, 0.15) is 0 Å². The lowest BCUT2D eigenvalue weighted by Crippen LogP contribution is -2.52. The average Bonchev–Trinajstić information content (AvgIpc) is 2.38. The second kappa shape index (κ2) is 10.8. The van der Waals surface area contributed by atoms with Gasteiger partial charge in [0.25, 0.3) is 0 Å². The van der Waals surface area contributed by atoms with Crippen molar-refractivity contribution in [3.05, 3.63) is 0 Å². The van der Waals surface area contributed by atoms with E-state index >= 15 is 0 Å². The summed E-state index contributed by atoms with van der Waals surface area (Å²) in [5.74, 6) is 0. The molecule has 0 aliphatic rings. The van der Waals surface area contributed by atoms with E-state index in [1.165, 1.54) is 64.2 Å². The Labute approximate surface area is 129 Å². The van der Waals surface area contributed by atoms with E-state index in [9.17, 15) is 5.11 Å². The molecule has 0 aromatic heterocycles. The van der Waals surface area contributed by atoms with Gasteiger partial charge in [-0.1, -0.05) is 97.7 Å². The molecule has 1 unspecified atom stereocenters. The van der Waals surface area contributed by atoms with Crippen molar-refractivity contribution >= 4 is 8.07 Å². The molecule has 1 nitrogen and oxygen atoms in total. The minimum atomic E-state index is -1.48. The molecule has 0 aromatic rings. The lowest BCUT2D eigenvalue weighted by Gasteiger charge is -2.39. The Morgan fingerprint density at radius 1 is 0.650 bits per heavy atom. The molecule has 0 aliphatic carbocycles. The van der Waals surface area contributed by atoms with Crippen molar-refractivity contribution in [3.8, 4) is 0 Å². The van der Waals surface area contributed by atoms with Crippen molar-refractivity contribution in [2.45, 2.75) is 116 Å². The highest BCUT2D eigenvalue weighted by molar-refractivity contribution is 6.78. The zero-order valence-electron chi connectivity index (χ0n) is 14.9. The van der Waals surface area contributed by atoms with Crippen LogP contribution in [0.15, 0.2) is 0 Å². The molecule has 1 N–H and O–H groups in total. The van der Waals surface area contributed by atoms with Gasteiger partial charge in [-0.25, -0.2) is 0 Å². The van der Waals surface area contributed by atoms with E-state index in [2.05, 4.69) is 33.5 Å². The van der Waals surface area contributed by atoms with Gasteiger partial charge in [-0.05, 0) is 12.8 Å². The molecular weight excluding hydrogens is 260 g/mol. The van der Waals surface area contributed by atoms with E-state index in [1.807, 2.05) is 0 Å². The van der Waals surface area contributed by atoms with Crippen molar-refractivity contribution in [2.24, 2.45) is 0 Å². The summed E-state index contributed by atoms with van der Waals surface area (Å²) >= 11 is 0. The Kier molecular flexibility index (Phi) is 10.9. The molecule has 0 saturated heterocycles. The number of rotatable bonds is 13. The van der Waals surface area contributed by atoms with Crippen LogP contribution >= 0.6 is 0 Å².